The molecule has 2 N–H and O–H groups in total. The first-order valence-electron chi connectivity index (χ1n) is 10.8. The molecule has 10 atom stereocenters. The van der Waals surface area contributed by atoms with Crippen molar-refractivity contribution in [2.75, 3.05) is 0 Å². The summed E-state index contributed by atoms with van der Waals surface area (Å²) in [5.41, 5.74) is 0.722. The van der Waals surface area contributed by atoms with Crippen LogP contribution in [0.5, 0.6) is 0 Å². The third-order valence-electron chi connectivity index (χ3n) is 9.74. The molecule has 0 aromatic heterocycles. The van der Waals surface area contributed by atoms with Crippen molar-refractivity contribution < 1.29 is 10.2 Å². The maximum atomic E-state index is 11.2. The number of aliphatic hydroxyl groups excluding tert-OH is 2. The van der Waals surface area contributed by atoms with Crippen LogP contribution >= 0.6 is 0 Å². The van der Waals surface area contributed by atoms with Crippen molar-refractivity contribution in [3.8, 4) is 0 Å². The molecule has 4 rings (SSSR count). The first-order valence-corrected chi connectivity index (χ1v) is 10.8. The molecule has 0 amide bonds. The number of rotatable bonds is 2. The molecule has 0 aromatic rings. The Morgan fingerprint density at radius 1 is 0.960 bits per heavy atom. The average Bonchev–Trinajstić information content (AvgIpc) is 2.93. The lowest BCUT2D eigenvalue weighted by atomic mass is 9.43. The zero-order chi connectivity index (χ0) is 18.0. The standard InChI is InChI=1S/C23H38O2/c1-5-14(2)17-6-7-18-21-19(9-11-23(17,18)4)22(3)10-8-16(24)12-15(22)13-20(21)25/h5,14-21,24-25H,1,6-13H2,2-4H3/t14-,15+,16-,17-,18+,19+,20+,21+,22+,23-/m1/s1. The van der Waals surface area contributed by atoms with Crippen LogP contribution in [-0.2, 0) is 0 Å². The predicted molar refractivity (Wildman–Crippen MR) is 102 cm³/mol. The highest BCUT2D eigenvalue weighted by molar-refractivity contribution is 5.12. The lowest BCUT2D eigenvalue weighted by molar-refractivity contribution is -0.173. The van der Waals surface area contributed by atoms with Gasteiger partial charge >= 0.3 is 0 Å². The normalized spacial score (nSPS) is 56.4. The molecule has 0 saturated heterocycles. The molecule has 0 aliphatic heterocycles. The Hall–Kier alpha value is -0.340. The van der Waals surface area contributed by atoms with Crippen LogP contribution in [0.3, 0.4) is 0 Å². The van der Waals surface area contributed by atoms with Crippen molar-refractivity contribution in [1.29, 1.82) is 0 Å². The fraction of sp³-hybridized carbons (Fsp3) is 0.913. The van der Waals surface area contributed by atoms with Crippen LogP contribution < -0.4 is 0 Å². The van der Waals surface area contributed by atoms with Gasteiger partial charge < -0.3 is 10.2 Å². The van der Waals surface area contributed by atoms with Crippen molar-refractivity contribution in [2.24, 2.45) is 46.3 Å². The summed E-state index contributed by atoms with van der Waals surface area (Å²) in [6.07, 6.45) is 11.0. The molecule has 142 valence electrons. The van der Waals surface area contributed by atoms with Crippen molar-refractivity contribution in [3.63, 3.8) is 0 Å². The molecule has 0 bridgehead atoms. The molecular weight excluding hydrogens is 308 g/mol. The Balaban J connectivity index is 1.64. The molecule has 4 fully saturated rings. The van der Waals surface area contributed by atoms with Crippen molar-refractivity contribution in [2.45, 2.75) is 84.3 Å². The first-order chi connectivity index (χ1) is 11.8. The highest BCUT2D eigenvalue weighted by Crippen LogP contribution is 2.68. The van der Waals surface area contributed by atoms with Crippen LogP contribution in [0.15, 0.2) is 12.7 Å². The van der Waals surface area contributed by atoms with Gasteiger partial charge in [0.2, 0.25) is 0 Å². The van der Waals surface area contributed by atoms with Crippen molar-refractivity contribution >= 4 is 0 Å². The molecule has 25 heavy (non-hydrogen) atoms. The molecule has 0 heterocycles. The third-order valence-corrected chi connectivity index (χ3v) is 9.74. The lowest BCUT2D eigenvalue weighted by Crippen LogP contribution is -2.58. The lowest BCUT2D eigenvalue weighted by Gasteiger charge is -2.62. The summed E-state index contributed by atoms with van der Waals surface area (Å²) in [5, 5.41) is 21.4. The van der Waals surface area contributed by atoms with E-state index in [1.54, 1.807) is 0 Å². The van der Waals surface area contributed by atoms with E-state index in [0.29, 0.717) is 40.4 Å². The number of hydrogen-bond donors (Lipinski definition) is 2. The van der Waals surface area contributed by atoms with E-state index in [9.17, 15) is 10.2 Å². The number of aliphatic hydroxyl groups is 2. The summed E-state index contributed by atoms with van der Waals surface area (Å²) >= 11 is 0. The van der Waals surface area contributed by atoms with Gasteiger partial charge in [0.1, 0.15) is 0 Å². The third kappa shape index (κ3) is 2.50. The summed E-state index contributed by atoms with van der Waals surface area (Å²) in [5.74, 6) is 3.66. The summed E-state index contributed by atoms with van der Waals surface area (Å²) in [7, 11) is 0. The first kappa shape index (κ1) is 18.0. The Kier molecular flexibility index (Phi) is 4.40. The highest BCUT2D eigenvalue weighted by atomic mass is 16.3. The van der Waals surface area contributed by atoms with Crippen LogP contribution in [0.1, 0.15) is 72.1 Å². The van der Waals surface area contributed by atoms with Gasteiger partial charge in [-0.1, -0.05) is 26.8 Å². The topological polar surface area (TPSA) is 40.5 Å². The fourth-order valence-electron chi connectivity index (χ4n) is 8.27. The van der Waals surface area contributed by atoms with E-state index in [1.807, 2.05) is 0 Å². The monoisotopic (exact) mass is 346 g/mol. The van der Waals surface area contributed by atoms with Gasteiger partial charge in [0, 0.05) is 0 Å². The minimum absolute atomic E-state index is 0.139. The Morgan fingerprint density at radius 3 is 2.36 bits per heavy atom. The largest absolute Gasteiger partial charge is 0.393 e. The second kappa shape index (κ2) is 6.09. The molecule has 2 heteroatoms. The molecule has 0 unspecified atom stereocenters. The molecule has 4 saturated carbocycles. The zero-order valence-electron chi connectivity index (χ0n) is 16.5. The number of fused-ring (bicyclic) bond motifs is 5. The molecule has 4 aliphatic carbocycles. The smallest absolute Gasteiger partial charge is 0.0577 e. The quantitative estimate of drug-likeness (QED) is 0.705. The van der Waals surface area contributed by atoms with Gasteiger partial charge in [0.25, 0.3) is 0 Å². The maximum Gasteiger partial charge on any atom is 0.0577 e. The maximum absolute atomic E-state index is 11.2. The SMILES string of the molecule is C=C[C@@H](C)[C@H]1CC[C@H]2[C@@H]3[C@@H](O)C[C@@H]4C[C@H](O)CC[C@]4(C)[C@H]3CC[C@]12C. The molecule has 0 spiro atoms. The van der Waals surface area contributed by atoms with E-state index < -0.39 is 0 Å². The summed E-state index contributed by atoms with van der Waals surface area (Å²) in [4.78, 5) is 0. The van der Waals surface area contributed by atoms with Gasteiger partial charge in [0.05, 0.1) is 12.2 Å². The summed E-state index contributed by atoms with van der Waals surface area (Å²) in [6.45, 7) is 11.4. The van der Waals surface area contributed by atoms with Gasteiger partial charge in [-0.25, -0.2) is 0 Å². The summed E-state index contributed by atoms with van der Waals surface area (Å²) in [6, 6.07) is 0. The van der Waals surface area contributed by atoms with Gasteiger partial charge in [-0.05, 0) is 97.7 Å². The molecule has 4 aliphatic rings. The predicted octanol–water partition coefficient (Wildman–Crippen LogP) is 4.80. The van der Waals surface area contributed by atoms with Crippen LogP contribution in [0.25, 0.3) is 0 Å². The van der Waals surface area contributed by atoms with Gasteiger partial charge in [0.15, 0.2) is 0 Å². The van der Waals surface area contributed by atoms with E-state index in [4.69, 9.17) is 0 Å². The average molecular weight is 347 g/mol. The number of hydrogen-bond acceptors (Lipinski definition) is 2. The van der Waals surface area contributed by atoms with Gasteiger partial charge in [-0.15, -0.1) is 6.58 Å². The van der Waals surface area contributed by atoms with Crippen LogP contribution in [0, 0.1) is 46.3 Å². The fourth-order valence-corrected chi connectivity index (χ4v) is 8.27. The summed E-state index contributed by atoms with van der Waals surface area (Å²) < 4.78 is 0. The molecule has 0 aromatic carbocycles. The van der Waals surface area contributed by atoms with E-state index in [2.05, 4.69) is 33.4 Å². The Labute approximate surface area is 154 Å². The van der Waals surface area contributed by atoms with E-state index >= 15 is 0 Å². The van der Waals surface area contributed by atoms with Gasteiger partial charge in [-0.3, -0.25) is 0 Å². The molecule has 2 nitrogen and oxygen atoms in total. The highest BCUT2D eigenvalue weighted by Gasteiger charge is 2.62. The van der Waals surface area contributed by atoms with E-state index in [1.165, 1.54) is 25.7 Å². The molecular formula is C23H38O2. The number of allylic oxidation sites excluding steroid dienone is 1. The van der Waals surface area contributed by atoms with E-state index in [0.717, 1.165) is 31.6 Å². The Morgan fingerprint density at radius 2 is 1.64 bits per heavy atom. The minimum atomic E-state index is -0.157. The van der Waals surface area contributed by atoms with Crippen LogP contribution in [0.2, 0.25) is 0 Å². The van der Waals surface area contributed by atoms with E-state index in [-0.39, 0.29) is 12.2 Å². The van der Waals surface area contributed by atoms with Crippen molar-refractivity contribution in [1.82, 2.24) is 0 Å². The minimum Gasteiger partial charge on any atom is -0.393 e. The molecule has 0 radical (unpaired) electrons. The van der Waals surface area contributed by atoms with Crippen LogP contribution in [0.4, 0.5) is 0 Å². The van der Waals surface area contributed by atoms with Crippen molar-refractivity contribution in [3.05, 3.63) is 12.7 Å². The van der Waals surface area contributed by atoms with Crippen LogP contribution in [-0.4, -0.2) is 22.4 Å². The zero-order valence-corrected chi connectivity index (χ0v) is 16.5. The second-order valence-corrected chi connectivity index (χ2v) is 10.5. The van der Waals surface area contributed by atoms with Gasteiger partial charge in [-0.2, -0.15) is 0 Å². The Bertz CT molecular complexity index is 530. The second-order valence-electron chi connectivity index (χ2n) is 10.5.